The molecule has 7 heteroatoms. The molecule has 0 heterocycles. The van der Waals surface area contributed by atoms with Gasteiger partial charge in [0.2, 0.25) is 0 Å². The Balaban J connectivity index is -0.0000000720. The van der Waals surface area contributed by atoms with Crippen molar-refractivity contribution in [2.75, 3.05) is 0 Å². The quantitative estimate of drug-likeness (QED) is 0.230. The number of rotatable bonds is 2. The van der Waals surface area contributed by atoms with Crippen LogP contribution in [0.4, 0.5) is 0 Å². The summed E-state index contributed by atoms with van der Waals surface area (Å²) in [6.07, 6.45) is 5.98. The van der Waals surface area contributed by atoms with E-state index in [1.54, 1.807) is 12.2 Å². The number of carboxylic acid groups (broad SMARTS) is 1. The zero-order valence-corrected chi connectivity index (χ0v) is 5.97. The molecule has 0 aromatic rings. The monoisotopic (exact) mass is 241 g/mol. The van der Waals surface area contributed by atoms with Crippen LogP contribution in [-0.4, -0.2) is 105 Å². The van der Waals surface area contributed by atoms with E-state index < -0.39 is 5.97 Å². The summed E-state index contributed by atoms with van der Waals surface area (Å²) in [6, 6.07) is 0. The van der Waals surface area contributed by atoms with Gasteiger partial charge in [-0.2, -0.15) is 0 Å². The van der Waals surface area contributed by atoms with Crippen LogP contribution in [0.3, 0.4) is 0 Å². The van der Waals surface area contributed by atoms with Crippen molar-refractivity contribution < 1.29 is 15.1 Å². The van der Waals surface area contributed by atoms with Gasteiger partial charge in [0, 0.05) is 6.08 Å². The first-order chi connectivity index (χ1) is 5.18. The Hall–Kier alpha value is 1.25. The van der Waals surface area contributed by atoms with Crippen molar-refractivity contribution in [3.05, 3.63) is 29.2 Å². The molecule has 0 fully saturated rings. The number of carbonyl (C=O) groups is 1. The molecule has 0 saturated carbocycles. The second kappa shape index (κ2) is 23.2. The van der Waals surface area contributed by atoms with Gasteiger partial charge in [-0.15, -0.1) is 4.91 Å². The Morgan fingerprint density at radius 2 is 1.77 bits per heavy atom. The molecule has 0 bridgehead atoms. The van der Waals surface area contributed by atoms with Crippen LogP contribution in [0.15, 0.2) is 29.6 Å². The summed E-state index contributed by atoms with van der Waals surface area (Å²) < 4.78 is 0. The van der Waals surface area contributed by atoms with Gasteiger partial charge in [0.25, 0.3) is 0 Å². The van der Waals surface area contributed by atoms with Gasteiger partial charge >= 0.3 is 95.1 Å². The molecule has 13 heavy (non-hydrogen) atoms. The maximum atomic E-state index is 9.75. The van der Waals surface area contributed by atoms with E-state index >= 15 is 0 Å². The predicted octanol–water partition coefficient (Wildman–Crippen LogP) is -0.219. The van der Waals surface area contributed by atoms with Gasteiger partial charge in [0.15, 0.2) is 5.34 Å². The number of nitrogens with zero attached hydrogens (tertiary/aromatic N) is 1. The summed E-state index contributed by atoms with van der Waals surface area (Å²) in [5.74, 6) is -0.914. The summed E-state index contributed by atoms with van der Waals surface area (Å²) in [5.41, 5.74) is 0. The number of hydrogen-bond acceptors (Lipinski definition) is 3. The van der Waals surface area contributed by atoms with Crippen molar-refractivity contribution in [3.63, 3.8) is 0 Å². The van der Waals surface area contributed by atoms with Crippen molar-refractivity contribution in [2.45, 2.75) is 6.92 Å². The molecule has 0 saturated heterocycles. The zero-order chi connectivity index (χ0) is 9.11. The van der Waals surface area contributed by atoms with E-state index in [0.717, 1.165) is 6.08 Å². The summed E-state index contributed by atoms with van der Waals surface area (Å²) in [6.45, 7) is 1.83. The van der Waals surface area contributed by atoms with E-state index in [1.165, 1.54) is 11.4 Å². The van der Waals surface area contributed by atoms with Crippen LogP contribution >= 0.6 is 0 Å². The van der Waals surface area contributed by atoms with Crippen LogP contribution < -0.4 is 0 Å². The van der Waals surface area contributed by atoms with E-state index in [1.807, 2.05) is 6.92 Å². The molecule has 0 aromatic carbocycles. The number of hydrogen-bond donors (Lipinski definition) is 2. The molecular weight excluding hydrogens is 229 g/mol. The van der Waals surface area contributed by atoms with Gasteiger partial charge in [-0.05, 0) is 6.92 Å². The molecule has 0 aliphatic carbocycles. The number of carboxylic acids is 1. The zero-order valence-electron chi connectivity index (χ0n) is 5.97. The van der Waals surface area contributed by atoms with Crippen LogP contribution in [0.1, 0.15) is 6.92 Å². The van der Waals surface area contributed by atoms with Gasteiger partial charge < -0.3 is 10.3 Å². The molecule has 0 aliphatic heterocycles. The molecule has 0 rings (SSSR count). The van der Waals surface area contributed by atoms with Crippen LogP contribution in [0.25, 0.3) is 0 Å². The Morgan fingerprint density at radius 1 is 1.38 bits per heavy atom. The summed E-state index contributed by atoms with van der Waals surface area (Å²) in [4.78, 5) is 17.9. The van der Waals surface area contributed by atoms with Crippen molar-refractivity contribution in [1.82, 2.24) is 0 Å². The minimum atomic E-state index is -0.914. The Labute approximate surface area is 149 Å². The molecular formula is C6H12CaKNO4. The van der Waals surface area contributed by atoms with Crippen molar-refractivity contribution in [1.29, 1.82) is 0 Å². The van der Waals surface area contributed by atoms with E-state index in [4.69, 9.17) is 15.2 Å². The average Bonchev–Trinajstić information content (AvgIpc) is 1.89. The molecule has 0 atom stereocenters. The Kier molecular flexibility index (Phi) is 42.6. The van der Waals surface area contributed by atoms with Crippen LogP contribution in [0.5, 0.6) is 0 Å². The van der Waals surface area contributed by atoms with Gasteiger partial charge in [-0.3, -0.25) is 0 Å². The average molecular weight is 241 g/mol. The molecule has 5 nitrogen and oxygen atoms in total. The van der Waals surface area contributed by atoms with Gasteiger partial charge in [0.05, 0.1) is 0 Å². The fourth-order valence-corrected chi connectivity index (χ4v) is 0.249. The normalized spacial score (nSPS) is 7.77. The molecule has 0 aromatic heterocycles. The van der Waals surface area contributed by atoms with E-state index in [-0.39, 0.29) is 89.1 Å². The third-order valence-corrected chi connectivity index (χ3v) is 0.542. The first-order valence-electron chi connectivity index (χ1n) is 2.68. The van der Waals surface area contributed by atoms with Gasteiger partial charge in [0.1, 0.15) is 0 Å². The van der Waals surface area contributed by atoms with Crippen LogP contribution in [0.2, 0.25) is 0 Å². The Bertz CT molecular complexity index is 172. The fraction of sp³-hybridized carbons (Fsp3) is 0.167. The molecule has 68 valence electrons. The van der Waals surface area contributed by atoms with Gasteiger partial charge in [-0.25, -0.2) is 4.79 Å². The van der Waals surface area contributed by atoms with E-state index in [2.05, 4.69) is 0 Å². The Morgan fingerprint density at radius 3 is 2.00 bits per heavy atom. The fourth-order valence-electron chi connectivity index (χ4n) is 0.249. The number of aliphatic carboxylic acids is 1. The van der Waals surface area contributed by atoms with Crippen molar-refractivity contribution in [2.24, 2.45) is 5.34 Å². The third kappa shape index (κ3) is 42.9. The van der Waals surface area contributed by atoms with Crippen LogP contribution in [0, 0.1) is 4.91 Å². The molecule has 0 amide bonds. The molecule has 0 radical (unpaired) electrons. The number of allylic oxidation sites excluding steroid dienone is 3. The SMILES string of the molecule is CC=CC=CC(=O)O.O=NO.[CaH2].[KH]. The molecule has 2 N–H and O–H groups in total. The molecule has 0 unspecified atom stereocenters. The molecule has 0 aliphatic rings. The summed E-state index contributed by atoms with van der Waals surface area (Å²) >= 11 is 0. The van der Waals surface area contributed by atoms with E-state index in [9.17, 15) is 4.79 Å². The third-order valence-electron chi connectivity index (χ3n) is 0.542. The second-order valence-corrected chi connectivity index (χ2v) is 1.30. The predicted molar refractivity (Wildman–Crippen MR) is 54.9 cm³/mol. The van der Waals surface area contributed by atoms with Crippen molar-refractivity contribution >= 4 is 95.1 Å². The first-order valence-corrected chi connectivity index (χ1v) is 2.68. The minimum absolute atomic E-state index is 0. The summed E-state index contributed by atoms with van der Waals surface area (Å²) in [5, 5.41) is 15.9. The van der Waals surface area contributed by atoms with Gasteiger partial charge in [-0.1, -0.05) is 18.2 Å². The first kappa shape index (κ1) is 23.8. The van der Waals surface area contributed by atoms with Crippen LogP contribution in [-0.2, 0) is 4.79 Å². The van der Waals surface area contributed by atoms with E-state index in [0.29, 0.717) is 0 Å². The van der Waals surface area contributed by atoms with Crippen molar-refractivity contribution in [3.8, 4) is 0 Å². The molecule has 0 spiro atoms. The topological polar surface area (TPSA) is 87.0 Å². The maximum absolute atomic E-state index is 9.75. The summed E-state index contributed by atoms with van der Waals surface area (Å²) in [7, 11) is 0. The second-order valence-electron chi connectivity index (χ2n) is 1.30. The standard InChI is InChI=1S/C6H8O2.Ca.K.HNO2.3H/c1-2-3-4-5-6(7)8;;;2-1-3;;;/h2-5H,1H3,(H,7,8);;;(H,2,3);;;.